The van der Waals surface area contributed by atoms with E-state index in [9.17, 15) is 9.18 Å². The van der Waals surface area contributed by atoms with E-state index in [1.165, 1.54) is 0 Å². The van der Waals surface area contributed by atoms with Crippen LogP contribution in [0.25, 0.3) is 0 Å². The summed E-state index contributed by atoms with van der Waals surface area (Å²) in [5.41, 5.74) is 0. The van der Waals surface area contributed by atoms with Gasteiger partial charge in [-0.1, -0.05) is 12.2 Å². The largest absolute Gasteiger partial charge is 0.300 e. The summed E-state index contributed by atoms with van der Waals surface area (Å²) in [5, 5.41) is 0. The number of carbonyl (C=O) groups excluding carboxylic acids is 1. The highest BCUT2D eigenvalue weighted by molar-refractivity contribution is 5.57. The molecular weight excluding hydrogens is 119 g/mol. The minimum Gasteiger partial charge on any atom is -0.300 e. The minimum absolute atomic E-state index is 0.137. The number of allylic oxidation sites excluding steroid dienone is 2. The van der Waals surface area contributed by atoms with E-state index in [-0.39, 0.29) is 5.92 Å². The molecule has 0 bridgehead atoms. The second kappa shape index (κ2) is 2.76. The van der Waals surface area contributed by atoms with Gasteiger partial charge >= 0.3 is 0 Å². The molecule has 0 amide bonds. The number of hydrogen-bond donors (Lipinski definition) is 0. The molecule has 0 spiro atoms. The molecule has 50 valence electrons. The van der Waals surface area contributed by atoms with Crippen LogP contribution in [0.3, 0.4) is 0 Å². The maximum Gasteiger partial charge on any atom is 0.161 e. The van der Waals surface area contributed by atoms with Gasteiger partial charge in [-0.2, -0.15) is 0 Å². The molecule has 0 saturated carbocycles. The average Bonchev–Trinajstić information content (AvgIpc) is 2.37. The molecule has 0 N–H and O–H groups in total. The summed E-state index contributed by atoms with van der Waals surface area (Å²) in [6.45, 7) is 0. The van der Waals surface area contributed by atoms with Gasteiger partial charge in [0, 0.05) is 5.92 Å². The van der Waals surface area contributed by atoms with Crippen molar-refractivity contribution >= 4 is 6.29 Å². The van der Waals surface area contributed by atoms with Crippen molar-refractivity contribution in [3.05, 3.63) is 12.2 Å². The Morgan fingerprint density at radius 1 is 1.78 bits per heavy atom. The van der Waals surface area contributed by atoms with E-state index in [2.05, 4.69) is 0 Å². The zero-order valence-corrected chi connectivity index (χ0v) is 5.09. The van der Waals surface area contributed by atoms with Crippen molar-refractivity contribution in [2.45, 2.75) is 19.0 Å². The highest BCUT2D eigenvalue weighted by atomic mass is 19.1. The molecule has 0 fully saturated rings. The molecule has 1 rings (SSSR count). The van der Waals surface area contributed by atoms with Crippen molar-refractivity contribution in [2.75, 3.05) is 0 Å². The average molecular weight is 128 g/mol. The van der Waals surface area contributed by atoms with Crippen LogP contribution in [-0.2, 0) is 4.79 Å². The van der Waals surface area contributed by atoms with Gasteiger partial charge in [0.05, 0.1) is 0 Å². The SMILES string of the molecule is O=CC(F)[C@@H]1C=CCC1. The smallest absolute Gasteiger partial charge is 0.161 e. The molecule has 0 radical (unpaired) electrons. The van der Waals surface area contributed by atoms with E-state index in [4.69, 9.17) is 0 Å². The van der Waals surface area contributed by atoms with Crippen LogP contribution in [0, 0.1) is 5.92 Å². The molecule has 0 aromatic heterocycles. The lowest BCUT2D eigenvalue weighted by molar-refractivity contribution is -0.113. The lowest BCUT2D eigenvalue weighted by Gasteiger charge is -2.04. The van der Waals surface area contributed by atoms with Crippen LogP contribution in [0.4, 0.5) is 4.39 Å². The van der Waals surface area contributed by atoms with Crippen LogP contribution < -0.4 is 0 Å². The summed E-state index contributed by atoms with van der Waals surface area (Å²) in [6.07, 6.45) is 4.50. The Kier molecular flexibility index (Phi) is 1.98. The first-order chi connectivity index (χ1) is 4.34. The molecule has 0 saturated heterocycles. The molecule has 1 nitrogen and oxygen atoms in total. The Morgan fingerprint density at radius 3 is 3.00 bits per heavy atom. The summed E-state index contributed by atoms with van der Waals surface area (Å²) < 4.78 is 12.4. The fraction of sp³-hybridized carbons (Fsp3) is 0.571. The van der Waals surface area contributed by atoms with E-state index in [0.29, 0.717) is 6.29 Å². The van der Waals surface area contributed by atoms with Crippen LogP contribution in [0.5, 0.6) is 0 Å². The molecule has 1 aliphatic carbocycles. The van der Waals surface area contributed by atoms with Crippen LogP contribution in [0.15, 0.2) is 12.2 Å². The summed E-state index contributed by atoms with van der Waals surface area (Å²) >= 11 is 0. The number of hydrogen-bond acceptors (Lipinski definition) is 1. The Hall–Kier alpha value is -0.660. The van der Waals surface area contributed by atoms with Gasteiger partial charge in [0.2, 0.25) is 0 Å². The highest BCUT2D eigenvalue weighted by Crippen LogP contribution is 2.21. The molecule has 2 heteroatoms. The third kappa shape index (κ3) is 1.37. The number of rotatable bonds is 2. The summed E-state index contributed by atoms with van der Waals surface area (Å²) in [7, 11) is 0. The van der Waals surface area contributed by atoms with Gasteiger partial charge in [-0.15, -0.1) is 0 Å². The molecule has 0 aliphatic heterocycles. The Balaban J connectivity index is 2.42. The van der Waals surface area contributed by atoms with Crippen molar-refractivity contribution in [1.29, 1.82) is 0 Å². The van der Waals surface area contributed by atoms with Crippen molar-refractivity contribution in [3.8, 4) is 0 Å². The molecule has 1 unspecified atom stereocenters. The standard InChI is InChI=1S/C7H9FO/c8-7(5-9)6-3-1-2-4-6/h1,3,5-7H,2,4H2/t6-,7?/m1/s1. The normalized spacial score (nSPS) is 28.3. The highest BCUT2D eigenvalue weighted by Gasteiger charge is 2.19. The van der Waals surface area contributed by atoms with Gasteiger partial charge in [-0.3, -0.25) is 0 Å². The molecule has 9 heavy (non-hydrogen) atoms. The fourth-order valence-electron chi connectivity index (χ4n) is 1.02. The van der Waals surface area contributed by atoms with E-state index in [1.54, 1.807) is 6.08 Å². The second-order valence-electron chi connectivity index (χ2n) is 2.25. The van der Waals surface area contributed by atoms with Crippen LogP contribution in [0.2, 0.25) is 0 Å². The third-order valence-electron chi connectivity index (χ3n) is 1.59. The van der Waals surface area contributed by atoms with Crippen molar-refractivity contribution < 1.29 is 9.18 Å². The predicted molar refractivity (Wildman–Crippen MR) is 32.8 cm³/mol. The molecule has 1 aliphatic rings. The van der Waals surface area contributed by atoms with Gasteiger partial charge in [-0.25, -0.2) is 4.39 Å². The Morgan fingerprint density at radius 2 is 2.56 bits per heavy atom. The second-order valence-corrected chi connectivity index (χ2v) is 2.25. The molecule has 0 aromatic carbocycles. The maximum absolute atomic E-state index is 12.4. The van der Waals surface area contributed by atoms with E-state index in [0.717, 1.165) is 12.8 Å². The fourth-order valence-corrected chi connectivity index (χ4v) is 1.02. The first kappa shape index (κ1) is 6.46. The van der Waals surface area contributed by atoms with Gasteiger partial charge in [-0.05, 0) is 12.8 Å². The van der Waals surface area contributed by atoms with Crippen molar-refractivity contribution in [2.24, 2.45) is 5.92 Å². The Bertz CT molecular complexity index is 131. The number of halogens is 1. The van der Waals surface area contributed by atoms with Gasteiger partial charge in [0.1, 0.15) is 0 Å². The van der Waals surface area contributed by atoms with Gasteiger partial charge < -0.3 is 4.79 Å². The lowest BCUT2D eigenvalue weighted by atomic mass is 10.1. The number of aldehydes is 1. The van der Waals surface area contributed by atoms with E-state index >= 15 is 0 Å². The first-order valence-electron chi connectivity index (χ1n) is 3.10. The van der Waals surface area contributed by atoms with E-state index < -0.39 is 6.17 Å². The molecular formula is C7H9FO. The summed E-state index contributed by atoms with van der Waals surface area (Å²) in [4.78, 5) is 9.88. The van der Waals surface area contributed by atoms with Crippen LogP contribution in [-0.4, -0.2) is 12.5 Å². The minimum atomic E-state index is -1.27. The predicted octanol–water partition coefficient (Wildman–Crippen LogP) is 1.49. The number of alkyl halides is 1. The number of carbonyl (C=O) groups is 1. The van der Waals surface area contributed by atoms with Gasteiger partial charge in [0.25, 0.3) is 0 Å². The Labute approximate surface area is 53.6 Å². The maximum atomic E-state index is 12.4. The topological polar surface area (TPSA) is 17.1 Å². The lowest BCUT2D eigenvalue weighted by Crippen LogP contribution is -2.12. The quantitative estimate of drug-likeness (QED) is 0.406. The van der Waals surface area contributed by atoms with Crippen LogP contribution in [0.1, 0.15) is 12.8 Å². The molecule has 0 aromatic rings. The van der Waals surface area contributed by atoms with Crippen LogP contribution >= 0.6 is 0 Å². The third-order valence-corrected chi connectivity index (χ3v) is 1.59. The van der Waals surface area contributed by atoms with E-state index in [1.807, 2.05) is 6.08 Å². The first-order valence-corrected chi connectivity index (χ1v) is 3.10. The van der Waals surface area contributed by atoms with Gasteiger partial charge in [0.15, 0.2) is 12.5 Å². The summed E-state index contributed by atoms with van der Waals surface area (Å²) in [6, 6.07) is 0. The molecule has 2 atom stereocenters. The monoisotopic (exact) mass is 128 g/mol. The molecule has 0 heterocycles. The zero-order valence-electron chi connectivity index (χ0n) is 5.09. The summed E-state index contributed by atoms with van der Waals surface area (Å²) in [5.74, 6) is -0.137. The van der Waals surface area contributed by atoms with Crippen molar-refractivity contribution in [3.63, 3.8) is 0 Å². The zero-order chi connectivity index (χ0) is 6.69. The van der Waals surface area contributed by atoms with Crippen molar-refractivity contribution in [1.82, 2.24) is 0 Å².